The predicted molar refractivity (Wildman–Crippen MR) is 69.4 cm³/mol. The third kappa shape index (κ3) is 4.64. The van der Waals surface area contributed by atoms with Gasteiger partial charge in [-0.3, -0.25) is 4.79 Å². The molecule has 0 saturated heterocycles. The SMILES string of the molecule is CN(CC#N)C(=O)CCCOc1ccccc1Cl. The second kappa shape index (κ2) is 7.57. The molecule has 0 atom stereocenters. The van der Waals surface area contributed by atoms with Crippen LogP contribution in [0.3, 0.4) is 0 Å². The molecule has 1 aromatic carbocycles. The summed E-state index contributed by atoms with van der Waals surface area (Å²) in [6.07, 6.45) is 0.961. The second-order valence-electron chi connectivity index (χ2n) is 3.79. The molecule has 0 unspecified atom stereocenters. The second-order valence-corrected chi connectivity index (χ2v) is 4.20. The smallest absolute Gasteiger partial charge is 0.223 e. The number of carbonyl (C=O) groups is 1. The fourth-order valence-electron chi connectivity index (χ4n) is 1.35. The summed E-state index contributed by atoms with van der Waals surface area (Å²) < 4.78 is 5.46. The number of hydrogen-bond acceptors (Lipinski definition) is 3. The van der Waals surface area contributed by atoms with Crippen LogP contribution in [0, 0.1) is 11.3 Å². The zero-order chi connectivity index (χ0) is 13.4. The van der Waals surface area contributed by atoms with Crippen molar-refractivity contribution in [2.75, 3.05) is 20.2 Å². The third-order valence-corrected chi connectivity index (χ3v) is 2.68. The lowest BCUT2D eigenvalue weighted by molar-refractivity contribution is -0.129. The molecular weight excluding hydrogens is 252 g/mol. The molecule has 0 heterocycles. The van der Waals surface area contributed by atoms with Crippen molar-refractivity contribution in [1.29, 1.82) is 5.26 Å². The number of nitrogens with zero attached hydrogens (tertiary/aromatic N) is 2. The average molecular weight is 267 g/mol. The summed E-state index contributed by atoms with van der Waals surface area (Å²) in [6, 6.07) is 9.13. The number of amides is 1. The van der Waals surface area contributed by atoms with Gasteiger partial charge in [-0.15, -0.1) is 0 Å². The Kier molecular flexibility index (Phi) is 6.03. The van der Waals surface area contributed by atoms with Gasteiger partial charge in [-0.2, -0.15) is 5.26 Å². The number of carbonyl (C=O) groups excluding carboxylic acids is 1. The van der Waals surface area contributed by atoms with Crippen molar-refractivity contribution in [1.82, 2.24) is 4.90 Å². The Morgan fingerprint density at radius 3 is 2.89 bits per heavy atom. The molecule has 96 valence electrons. The predicted octanol–water partition coefficient (Wildman–Crippen LogP) is 2.48. The van der Waals surface area contributed by atoms with Crippen LogP contribution in [0.1, 0.15) is 12.8 Å². The maximum Gasteiger partial charge on any atom is 0.223 e. The van der Waals surface area contributed by atoms with Crippen molar-refractivity contribution in [2.24, 2.45) is 0 Å². The Labute approximate surface area is 112 Å². The van der Waals surface area contributed by atoms with E-state index in [0.29, 0.717) is 30.2 Å². The van der Waals surface area contributed by atoms with Gasteiger partial charge < -0.3 is 9.64 Å². The van der Waals surface area contributed by atoms with Gasteiger partial charge in [-0.1, -0.05) is 23.7 Å². The number of halogens is 1. The minimum absolute atomic E-state index is 0.0562. The van der Waals surface area contributed by atoms with Crippen LogP contribution in [0.25, 0.3) is 0 Å². The summed E-state index contributed by atoms with van der Waals surface area (Å²) in [5, 5.41) is 9.01. The molecule has 0 saturated carbocycles. The van der Waals surface area contributed by atoms with Gasteiger partial charge in [0, 0.05) is 13.5 Å². The number of nitriles is 1. The minimum Gasteiger partial charge on any atom is -0.492 e. The van der Waals surface area contributed by atoms with Crippen molar-refractivity contribution < 1.29 is 9.53 Å². The molecule has 0 spiro atoms. The third-order valence-electron chi connectivity index (χ3n) is 2.36. The largest absolute Gasteiger partial charge is 0.492 e. The van der Waals surface area contributed by atoms with E-state index in [1.807, 2.05) is 18.2 Å². The molecule has 4 nitrogen and oxygen atoms in total. The zero-order valence-corrected chi connectivity index (χ0v) is 11.0. The molecule has 0 fully saturated rings. The van der Waals surface area contributed by atoms with E-state index in [0.717, 1.165) is 0 Å². The topological polar surface area (TPSA) is 53.3 Å². The van der Waals surface area contributed by atoms with Crippen molar-refractivity contribution in [3.05, 3.63) is 29.3 Å². The van der Waals surface area contributed by atoms with Crippen LogP contribution in [0.2, 0.25) is 5.02 Å². The summed E-state index contributed by atoms with van der Waals surface area (Å²) >= 11 is 5.92. The summed E-state index contributed by atoms with van der Waals surface area (Å²) in [7, 11) is 1.61. The van der Waals surface area contributed by atoms with E-state index in [2.05, 4.69) is 0 Å². The molecule has 1 rings (SSSR count). The number of ether oxygens (including phenoxy) is 1. The fraction of sp³-hybridized carbons (Fsp3) is 0.385. The van der Waals surface area contributed by atoms with Crippen molar-refractivity contribution in [3.63, 3.8) is 0 Å². The van der Waals surface area contributed by atoms with Gasteiger partial charge in [0.25, 0.3) is 0 Å². The summed E-state index contributed by atoms with van der Waals surface area (Å²) in [5.41, 5.74) is 0. The van der Waals surface area contributed by atoms with Gasteiger partial charge in [0.1, 0.15) is 12.3 Å². The number of benzene rings is 1. The van der Waals surface area contributed by atoms with Crippen LogP contribution in [-0.2, 0) is 4.79 Å². The van der Waals surface area contributed by atoms with Gasteiger partial charge >= 0.3 is 0 Å². The first kappa shape index (κ1) is 14.3. The van der Waals surface area contributed by atoms with E-state index in [1.165, 1.54) is 4.90 Å². The Hall–Kier alpha value is -1.73. The zero-order valence-electron chi connectivity index (χ0n) is 10.2. The summed E-state index contributed by atoms with van der Waals surface area (Å²) in [5.74, 6) is 0.566. The minimum atomic E-state index is -0.0562. The molecule has 0 N–H and O–H groups in total. The maximum atomic E-state index is 11.5. The molecule has 1 amide bonds. The maximum absolute atomic E-state index is 11.5. The molecule has 5 heteroatoms. The van der Waals surface area contributed by atoms with E-state index in [1.54, 1.807) is 19.2 Å². The fourth-order valence-corrected chi connectivity index (χ4v) is 1.54. The van der Waals surface area contributed by atoms with Crippen LogP contribution in [-0.4, -0.2) is 31.0 Å². The van der Waals surface area contributed by atoms with E-state index in [4.69, 9.17) is 21.6 Å². The molecule has 0 aliphatic heterocycles. The summed E-state index contributed by atoms with van der Waals surface area (Å²) in [6.45, 7) is 0.542. The van der Waals surface area contributed by atoms with E-state index < -0.39 is 0 Å². The normalized spacial score (nSPS) is 9.61. The highest BCUT2D eigenvalue weighted by Crippen LogP contribution is 2.23. The Morgan fingerprint density at radius 2 is 2.22 bits per heavy atom. The Bertz CT molecular complexity index is 443. The monoisotopic (exact) mass is 266 g/mol. The van der Waals surface area contributed by atoms with Crippen LogP contribution >= 0.6 is 11.6 Å². The lowest BCUT2D eigenvalue weighted by Crippen LogP contribution is -2.27. The average Bonchev–Trinajstić information content (AvgIpc) is 2.36. The molecular formula is C13H15ClN2O2. The quantitative estimate of drug-likeness (QED) is 0.587. The van der Waals surface area contributed by atoms with Crippen molar-refractivity contribution in [2.45, 2.75) is 12.8 Å². The van der Waals surface area contributed by atoms with E-state index in [9.17, 15) is 4.79 Å². The highest BCUT2D eigenvalue weighted by molar-refractivity contribution is 6.32. The number of rotatable bonds is 6. The Balaban J connectivity index is 2.25. The van der Waals surface area contributed by atoms with Gasteiger partial charge in [0.15, 0.2) is 0 Å². The van der Waals surface area contributed by atoms with Crippen molar-refractivity contribution >= 4 is 17.5 Å². The van der Waals surface area contributed by atoms with Gasteiger partial charge in [0.05, 0.1) is 17.7 Å². The molecule has 1 aromatic rings. The van der Waals surface area contributed by atoms with E-state index in [-0.39, 0.29) is 12.5 Å². The van der Waals surface area contributed by atoms with Crippen LogP contribution < -0.4 is 4.74 Å². The molecule has 18 heavy (non-hydrogen) atoms. The van der Waals surface area contributed by atoms with Crippen LogP contribution in [0.15, 0.2) is 24.3 Å². The molecule has 0 radical (unpaired) electrons. The first-order chi connectivity index (χ1) is 8.65. The lowest BCUT2D eigenvalue weighted by Gasteiger charge is -2.13. The van der Waals surface area contributed by atoms with Gasteiger partial charge in [-0.25, -0.2) is 0 Å². The van der Waals surface area contributed by atoms with Gasteiger partial charge in [0.2, 0.25) is 5.91 Å². The van der Waals surface area contributed by atoms with E-state index >= 15 is 0 Å². The highest BCUT2D eigenvalue weighted by atomic mass is 35.5. The number of para-hydroxylation sites is 1. The molecule has 0 aromatic heterocycles. The van der Waals surface area contributed by atoms with Crippen LogP contribution in [0.4, 0.5) is 0 Å². The first-order valence-electron chi connectivity index (χ1n) is 5.63. The standard InChI is InChI=1S/C13H15ClN2O2/c1-16(9-8-15)13(17)7-4-10-18-12-6-3-2-5-11(12)14/h2-3,5-6H,4,7,9-10H2,1H3. The molecule has 0 aliphatic rings. The van der Waals surface area contributed by atoms with Crippen LogP contribution in [0.5, 0.6) is 5.75 Å². The Morgan fingerprint density at radius 1 is 1.50 bits per heavy atom. The molecule has 0 bridgehead atoms. The number of hydrogen-bond donors (Lipinski definition) is 0. The van der Waals surface area contributed by atoms with Gasteiger partial charge in [-0.05, 0) is 18.6 Å². The highest BCUT2D eigenvalue weighted by Gasteiger charge is 2.07. The summed E-state index contributed by atoms with van der Waals surface area (Å²) in [4.78, 5) is 12.9. The lowest BCUT2D eigenvalue weighted by atomic mass is 10.3. The van der Waals surface area contributed by atoms with Crippen molar-refractivity contribution in [3.8, 4) is 11.8 Å². The first-order valence-corrected chi connectivity index (χ1v) is 6.01. The molecule has 0 aliphatic carbocycles.